The Bertz CT molecular complexity index is 676. The number of carbonyl (C=O) groups is 1. The van der Waals surface area contributed by atoms with Gasteiger partial charge in [0.25, 0.3) is 5.91 Å². The number of amides is 1. The van der Waals surface area contributed by atoms with E-state index in [4.69, 9.17) is 5.73 Å². The maximum absolute atomic E-state index is 13.4. The van der Waals surface area contributed by atoms with Crippen molar-refractivity contribution in [3.63, 3.8) is 0 Å². The highest BCUT2D eigenvalue weighted by atomic mass is 19.1. The molecule has 1 aromatic carbocycles. The Hall–Kier alpha value is -2.37. The fourth-order valence-electron chi connectivity index (χ4n) is 2.08. The predicted octanol–water partition coefficient (Wildman–Crippen LogP) is 2.57. The molecule has 3 rings (SSSR count). The second-order valence-electron chi connectivity index (χ2n) is 5.09. The quantitative estimate of drug-likeness (QED) is 0.804. The van der Waals surface area contributed by atoms with Crippen molar-refractivity contribution in [2.24, 2.45) is 0 Å². The second kappa shape index (κ2) is 4.63. The number of hydrogen-bond acceptors (Lipinski definition) is 3. The van der Waals surface area contributed by atoms with Gasteiger partial charge in [0.2, 0.25) is 0 Å². The molecule has 0 aliphatic heterocycles. The van der Waals surface area contributed by atoms with E-state index in [1.165, 1.54) is 6.07 Å². The van der Waals surface area contributed by atoms with E-state index >= 15 is 0 Å². The molecule has 4 N–H and O–H groups in total. The van der Waals surface area contributed by atoms with Gasteiger partial charge < -0.3 is 11.1 Å². The number of aromatic amines is 1. The molecule has 1 heterocycles. The van der Waals surface area contributed by atoms with Gasteiger partial charge in [0.15, 0.2) is 5.69 Å². The molecule has 0 unspecified atom stereocenters. The molecular formula is C14H15FN4O. The van der Waals surface area contributed by atoms with Crippen molar-refractivity contribution < 1.29 is 9.18 Å². The summed E-state index contributed by atoms with van der Waals surface area (Å²) in [4.78, 5) is 12.1. The van der Waals surface area contributed by atoms with Crippen molar-refractivity contribution >= 4 is 17.3 Å². The van der Waals surface area contributed by atoms with Gasteiger partial charge in [-0.1, -0.05) is 6.07 Å². The molecule has 0 bridgehead atoms. The van der Waals surface area contributed by atoms with Crippen LogP contribution in [0.2, 0.25) is 0 Å². The summed E-state index contributed by atoms with van der Waals surface area (Å²) in [6.07, 6.45) is 2.13. The van der Waals surface area contributed by atoms with Crippen molar-refractivity contribution in [2.75, 3.05) is 11.1 Å². The Balaban J connectivity index is 1.80. The number of H-pyrrole nitrogens is 1. The molecule has 5 nitrogen and oxygen atoms in total. The lowest BCUT2D eigenvalue weighted by Crippen LogP contribution is -2.14. The van der Waals surface area contributed by atoms with Gasteiger partial charge in [-0.2, -0.15) is 5.10 Å². The number of halogens is 1. The molecule has 1 saturated carbocycles. The van der Waals surface area contributed by atoms with Gasteiger partial charge in [0.05, 0.1) is 11.4 Å². The number of aromatic nitrogens is 2. The molecule has 1 aromatic heterocycles. The van der Waals surface area contributed by atoms with Gasteiger partial charge in [-0.15, -0.1) is 0 Å². The van der Waals surface area contributed by atoms with Crippen LogP contribution < -0.4 is 11.1 Å². The zero-order valence-corrected chi connectivity index (χ0v) is 11.0. The van der Waals surface area contributed by atoms with Crippen LogP contribution >= 0.6 is 0 Å². The number of anilines is 2. The smallest absolute Gasteiger partial charge is 0.278 e. The Morgan fingerprint density at radius 2 is 2.25 bits per heavy atom. The van der Waals surface area contributed by atoms with Gasteiger partial charge in [-0.3, -0.25) is 9.89 Å². The van der Waals surface area contributed by atoms with Crippen LogP contribution in [0.25, 0.3) is 0 Å². The molecule has 104 valence electrons. The Morgan fingerprint density at radius 3 is 2.90 bits per heavy atom. The third kappa shape index (κ3) is 2.24. The van der Waals surface area contributed by atoms with Crippen molar-refractivity contribution in [1.29, 1.82) is 0 Å². The molecule has 0 atom stereocenters. The number of nitrogens with one attached hydrogen (secondary N) is 2. The molecule has 2 aromatic rings. The van der Waals surface area contributed by atoms with E-state index in [0.29, 0.717) is 22.9 Å². The Kier molecular flexibility index (Phi) is 2.93. The van der Waals surface area contributed by atoms with Crippen LogP contribution in [-0.2, 0) is 0 Å². The summed E-state index contributed by atoms with van der Waals surface area (Å²) in [6, 6.07) is 4.52. The van der Waals surface area contributed by atoms with E-state index in [1.807, 2.05) is 0 Å². The fraction of sp³-hybridized carbons (Fsp3) is 0.286. The molecule has 1 amide bonds. The SMILES string of the molecule is Cc1ccc(NC(=O)c2n[nH]c(C3CC3)c2N)cc1F. The van der Waals surface area contributed by atoms with E-state index < -0.39 is 5.91 Å². The number of aryl methyl sites for hydroxylation is 1. The molecular weight excluding hydrogens is 259 g/mol. The first-order valence-electron chi connectivity index (χ1n) is 6.47. The summed E-state index contributed by atoms with van der Waals surface area (Å²) < 4.78 is 13.4. The highest BCUT2D eigenvalue weighted by Crippen LogP contribution is 2.42. The van der Waals surface area contributed by atoms with Crippen molar-refractivity contribution in [3.05, 3.63) is 41.0 Å². The molecule has 0 spiro atoms. The number of carbonyl (C=O) groups excluding carboxylic acids is 1. The van der Waals surface area contributed by atoms with Gasteiger partial charge in [-0.05, 0) is 37.5 Å². The zero-order valence-electron chi connectivity index (χ0n) is 11.0. The van der Waals surface area contributed by atoms with E-state index in [0.717, 1.165) is 18.5 Å². The summed E-state index contributed by atoms with van der Waals surface area (Å²) in [7, 11) is 0. The molecule has 6 heteroatoms. The Labute approximate surface area is 115 Å². The maximum Gasteiger partial charge on any atom is 0.278 e. The van der Waals surface area contributed by atoms with Crippen LogP contribution in [0.3, 0.4) is 0 Å². The van der Waals surface area contributed by atoms with Crippen LogP contribution in [0.5, 0.6) is 0 Å². The standard InChI is InChI=1S/C14H15FN4O/c1-7-2-5-9(6-10(7)15)17-14(20)13-11(16)12(18-19-13)8-3-4-8/h2,5-6,8H,3-4,16H2,1H3,(H,17,20)(H,18,19). The fourth-order valence-corrected chi connectivity index (χ4v) is 2.08. The lowest BCUT2D eigenvalue weighted by Gasteiger charge is -2.05. The lowest BCUT2D eigenvalue weighted by molar-refractivity contribution is 0.102. The molecule has 1 aliphatic carbocycles. The molecule has 0 saturated heterocycles. The maximum atomic E-state index is 13.4. The summed E-state index contributed by atoms with van der Waals surface area (Å²) >= 11 is 0. The minimum atomic E-state index is -0.436. The summed E-state index contributed by atoms with van der Waals surface area (Å²) in [5, 5.41) is 9.37. The molecule has 0 radical (unpaired) electrons. The minimum Gasteiger partial charge on any atom is -0.395 e. The highest BCUT2D eigenvalue weighted by molar-refractivity contribution is 6.06. The number of hydrogen-bond donors (Lipinski definition) is 3. The predicted molar refractivity (Wildman–Crippen MR) is 74.1 cm³/mol. The van der Waals surface area contributed by atoms with Crippen LogP contribution in [-0.4, -0.2) is 16.1 Å². The van der Waals surface area contributed by atoms with Crippen molar-refractivity contribution in [3.8, 4) is 0 Å². The number of rotatable bonds is 3. The van der Waals surface area contributed by atoms with Crippen LogP contribution in [0.4, 0.5) is 15.8 Å². The van der Waals surface area contributed by atoms with E-state index in [9.17, 15) is 9.18 Å². The number of nitrogens with two attached hydrogens (primary N) is 1. The first-order valence-corrected chi connectivity index (χ1v) is 6.47. The number of benzene rings is 1. The normalized spacial score (nSPS) is 14.3. The third-order valence-corrected chi connectivity index (χ3v) is 3.46. The molecule has 1 fully saturated rings. The minimum absolute atomic E-state index is 0.160. The largest absolute Gasteiger partial charge is 0.395 e. The zero-order chi connectivity index (χ0) is 14.3. The van der Waals surface area contributed by atoms with E-state index in [-0.39, 0.29) is 11.5 Å². The number of nitrogen functional groups attached to an aromatic ring is 1. The topological polar surface area (TPSA) is 83.8 Å². The lowest BCUT2D eigenvalue weighted by atomic mass is 10.2. The van der Waals surface area contributed by atoms with Crippen LogP contribution in [0.1, 0.15) is 40.5 Å². The average Bonchev–Trinajstić information content (AvgIpc) is 3.17. The van der Waals surface area contributed by atoms with Gasteiger partial charge in [-0.25, -0.2) is 4.39 Å². The van der Waals surface area contributed by atoms with Crippen LogP contribution in [0.15, 0.2) is 18.2 Å². The molecule has 1 aliphatic rings. The first kappa shape index (κ1) is 12.7. The first-order chi connectivity index (χ1) is 9.56. The van der Waals surface area contributed by atoms with Gasteiger partial charge in [0, 0.05) is 11.6 Å². The van der Waals surface area contributed by atoms with E-state index in [2.05, 4.69) is 15.5 Å². The Morgan fingerprint density at radius 1 is 1.50 bits per heavy atom. The summed E-state index contributed by atoms with van der Waals surface area (Å²) in [6.45, 7) is 1.66. The van der Waals surface area contributed by atoms with Crippen LogP contribution in [0, 0.1) is 12.7 Å². The summed E-state index contributed by atoms with van der Waals surface area (Å²) in [5.41, 5.74) is 8.20. The second-order valence-corrected chi connectivity index (χ2v) is 5.09. The average molecular weight is 274 g/mol. The third-order valence-electron chi connectivity index (χ3n) is 3.46. The highest BCUT2D eigenvalue weighted by Gasteiger charge is 2.30. The van der Waals surface area contributed by atoms with Crippen molar-refractivity contribution in [1.82, 2.24) is 10.2 Å². The van der Waals surface area contributed by atoms with Gasteiger partial charge >= 0.3 is 0 Å². The van der Waals surface area contributed by atoms with E-state index in [1.54, 1.807) is 19.1 Å². The van der Waals surface area contributed by atoms with Gasteiger partial charge in [0.1, 0.15) is 5.82 Å². The monoisotopic (exact) mass is 274 g/mol. The summed E-state index contributed by atoms with van der Waals surface area (Å²) in [5.74, 6) is -0.411. The number of nitrogens with zero attached hydrogens (tertiary/aromatic N) is 1. The van der Waals surface area contributed by atoms with Crippen molar-refractivity contribution in [2.45, 2.75) is 25.7 Å². The molecule has 20 heavy (non-hydrogen) atoms.